The van der Waals surface area contributed by atoms with E-state index in [4.69, 9.17) is 0 Å². The second-order valence-electron chi connectivity index (χ2n) is 7.71. The molecule has 4 rings (SSSR count). The summed E-state index contributed by atoms with van der Waals surface area (Å²) in [6, 6.07) is 4.98. The van der Waals surface area contributed by atoms with Crippen LogP contribution in [-0.2, 0) is 14.4 Å². The quantitative estimate of drug-likeness (QED) is 0.610. The van der Waals surface area contributed by atoms with E-state index in [0.717, 1.165) is 23.1 Å². The SMILES string of the molecule is CC(=O)Nc1nc2ccc(NC(=O)CCCN3C(=O)NC4(CCCC4)C3=O)cc2s1. The van der Waals surface area contributed by atoms with E-state index in [1.165, 1.54) is 23.2 Å². The number of fused-ring (bicyclic) bond motifs is 1. The molecule has 2 heterocycles. The van der Waals surface area contributed by atoms with Gasteiger partial charge >= 0.3 is 6.03 Å². The molecule has 1 saturated heterocycles. The zero-order valence-corrected chi connectivity index (χ0v) is 17.4. The van der Waals surface area contributed by atoms with Gasteiger partial charge in [0.15, 0.2) is 5.13 Å². The van der Waals surface area contributed by atoms with E-state index in [9.17, 15) is 19.2 Å². The predicted octanol–water partition coefficient (Wildman–Crippen LogP) is 2.84. The number of carbonyl (C=O) groups is 4. The number of nitrogens with one attached hydrogen (secondary N) is 3. The van der Waals surface area contributed by atoms with Crippen LogP contribution in [0.1, 0.15) is 45.4 Å². The number of thiazole rings is 1. The van der Waals surface area contributed by atoms with Crippen LogP contribution in [0.5, 0.6) is 0 Å². The van der Waals surface area contributed by atoms with Crippen molar-refractivity contribution in [2.24, 2.45) is 0 Å². The highest BCUT2D eigenvalue weighted by Crippen LogP contribution is 2.35. The van der Waals surface area contributed by atoms with Crippen molar-refractivity contribution in [3.63, 3.8) is 0 Å². The smallest absolute Gasteiger partial charge is 0.325 e. The summed E-state index contributed by atoms with van der Waals surface area (Å²) in [5, 5.41) is 8.83. The molecule has 2 aromatic rings. The summed E-state index contributed by atoms with van der Waals surface area (Å²) in [4.78, 5) is 53.8. The van der Waals surface area contributed by atoms with Crippen molar-refractivity contribution in [1.82, 2.24) is 15.2 Å². The van der Waals surface area contributed by atoms with Gasteiger partial charge in [-0.15, -0.1) is 0 Å². The maximum absolute atomic E-state index is 12.6. The minimum absolute atomic E-state index is 0.156. The lowest BCUT2D eigenvalue weighted by Crippen LogP contribution is -2.44. The van der Waals surface area contributed by atoms with E-state index in [1.54, 1.807) is 18.2 Å². The third kappa shape index (κ3) is 4.00. The molecule has 0 unspecified atom stereocenters. The number of hydrogen-bond donors (Lipinski definition) is 3. The Morgan fingerprint density at radius 1 is 1.23 bits per heavy atom. The van der Waals surface area contributed by atoms with Gasteiger partial charge < -0.3 is 16.0 Å². The van der Waals surface area contributed by atoms with Crippen molar-refractivity contribution in [2.45, 2.75) is 51.0 Å². The molecule has 158 valence electrons. The van der Waals surface area contributed by atoms with Crippen molar-refractivity contribution in [3.05, 3.63) is 18.2 Å². The third-order valence-electron chi connectivity index (χ3n) is 5.44. The largest absolute Gasteiger partial charge is 0.326 e. The summed E-state index contributed by atoms with van der Waals surface area (Å²) >= 11 is 1.33. The maximum atomic E-state index is 12.6. The molecule has 3 N–H and O–H groups in total. The Bertz CT molecular complexity index is 1030. The minimum atomic E-state index is -0.709. The Morgan fingerprint density at radius 2 is 2.00 bits per heavy atom. The summed E-state index contributed by atoms with van der Waals surface area (Å²) < 4.78 is 0.845. The molecular formula is C20H23N5O4S. The molecule has 1 aliphatic heterocycles. The Kier molecular flexibility index (Phi) is 5.42. The minimum Gasteiger partial charge on any atom is -0.326 e. The van der Waals surface area contributed by atoms with Crippen LogP contribution in [-0.4, -0.2) is 45.7 Å². The third-order valence-corrected chi connectivity index (χ3v) is 6.38. The van der Waals surface area contributed by atoms with Crippen LogP contribution in [0, 0.1) is 0 Å². The predicted molar refractivity (Wildman–Crippen MR) is 113 cm³/mol. The maximum Gasteiger partial charge on any atom is 0.325 e. The molecule has 0 atom stereocenters. The highest BCUT2D eigenvalue weighted by Gasteiger charge is 2.52. The number of imide groups is 1. The number of hydrogen-bond acceptors (Lipinski definition) is 6. The van der Waals surface area contributed by atoms with Gasteiger partial charge in [0, 0.05) is 25.6 Å². The summed E-state index contributed by atoms with van der Waals surface area (Å²) in [5.74, 6) is -0.536. The molecule has 30 heavy (non-hydrogen) atoms. The van der Waals surface area contributed by atoms with Crippen LogP contribution in [0.3, 0.4) is 0 Å². The zero-order valence-electron chi connectivity index (χ0n) is 16.6. The van der Waals surface area contributed by atoms with Gasteiger partial charge in [-0.05, 0) is 37.5 Å². The normalized spacial score (nSPS) is 17.6. The molecule has 1 aliphatic carbocycles. The number of aromatic nitrogens is 1. The van der Waals surface area contributed by atoms with E-state index in [1.807, 2.05) is 0 Å². The van der Waals surface area contributed by atoms with E-state index < -0.39 is 5.54 Å². The average molecular weight is 430 g/mol. The van der Waals surface area contributed by atoms with Gasteiger partial charge in [0.1, 0.15) is 5.54 Å². The highest BCUT2D eigenvalue weighted by atomic mass is 32.1. The molecule has 1 saturated carbocycles. The number of benzene rings is 1. The lowest BCUT2D eigenvalue weighted by molar-refractivity contribution is -0.131. The van der Waals surface area contributed by atoms with E-state index in [0.29, 0.717) is 30.1 Å². The van der Waals surface area contributed by atoms with E-state index >= 15 is 0 Å². The van der Waals surface area contributed by atoms with Crippen LogP contribution in [0.2, 0.25) is 0 Å². The summed E-state index contributed by atoms with van der Waals surface area (Å²) in [6.45, 7) is 1.65. The Morgan fingerprint density at radius 3 is 2.73 bits per heavy atom. The fourth-order valence-corrected chi connectivity index (χ4v) is 4.98. The lowest BCUT2D eigenvalue weighted by Gasteiger charge is -2.19. The Labute approximate surface area is 177 Å². The number of rotatable bonds is 6. The summed E-state index contributed by atoms with van der Waals surface area (Å²) in [7, 11) is 0. The van der Waals surface area contributed by atoms with Crippen molar-refractivity contribution >= 4 is 56.1 Å². The lowest BCUT2D eigenvalue weighted by atomic mass is 9.98. The van der Waals surface area contributed by atoms with Crippen LogP contribution in [0.15, 0.2) is 18.2 Å². The van der Waals surface area contributed by atoms with Gasteiger partial charge in [-0.1, -0.05) is 24.2 Å². The zero-order chi connectivity index (χ0) is 21.3. The van der Waals surface area contributed by atoms with Gasteiger partial charge in [-0.2, -0.15) is 0 Å². The number of anilines is 2. The first kappa shape index (κ1) is 20.3. The van der Waals surface area contributed by atoms with Crippen molar-refractivity contribution in [2.75, 3.05) is 17.2 Å². The van der Waals surface area contributed by atoms with Crippen molar-refractivity contribution in [1.29, 1.82) is 0 Å². The summed E-state index contributed by atoms with van der Waals surface area (Å²) in [5.41, 5.74) is 0.658. The Balaban J connectivity index is 1.30. The van der Waals surface area contributed by atoms with Crippen LogP contribution < -0.4 is 16.0 Å². The number of carbonyl (C=O) groups excluding carboxylic acids is 4. The van der Waals surface area contributed by atoms with Crippen molar-refractivity contribution in [3.8, 4) is 0 Å². The first-order valence-electron chi connectivity index (χ1n) is 9.98. The summed E-state index contributed by atoms with van der Waals surface area (Å²) in [6.07, 6.45) is 3.87. The van der Waals surface area contributed by atoms with Gasteiger partial charge in [-0.3, -0.25) is 19.3 Å². The number of amides is 5. The first-order valence-corrected chi connectivity index (χ1v) is 10.8. The molecule has 0 bridgehead atoms. The molecule has 0 radical (unpaired) electrons. The molecule has 9 nitrogen and oxygen atoms in total. The number of urea groups is 1. The van der Waals surface area contributed by atoms with Crippen molar-refractivity contribution < 1.29 is 19.2 Å². The highest BCUT2D eigenvalue weighted by molar-refractivity contribution is 7.22. The fraction of sp³-hybridized carbons (Fsp3) is 0.450. The second-order valence-corrected chi connectivity index (χ2v) is 8.74. The molecule has 1 aromatic heterocycles. The van der Waals surface area contributed by atoms with Crippen LogP contribution in [0.4, 0.5) is 15.6 Å². The topological polar surface area (TPSA) is 120 Å². The van der Waals surface area contributed by atoms with Gasteiger partial charge in [-0.25, -0.2) is 9.78 Å². The molecule has 1 spiro atoms. The van der Waals surface area contributed by atoms with Crippen LogP contribution in [0.25, 0.3) is 10.2 Å². The van der Waals surface area contributed by atoms with E-state index in [2.05, 4.69) is 20.9 Å². The fourth-order valence-electron chi connectivity index (χ4n) is 4.02. The van der Waals surface area contributed by atoms with Gasteiger partial charge in [0.25, 0.3) is 5.91 Å². The average Bonchev–Trinajstić information content (AvgIpc) is 3.35. The Hall–Kier alpha value is -3.01. The monoisotopic (exact) mass is 429 g/mol. The molecular weight excluding hydrogens is 406 g/mol. The van der Waals surface area contributed by atoms with E-state index in [-0.39, 0.29) is 36.7 Å². The molecule has 2 fully saturated rings. The van der Waals surface area contributed by atoms with Gasteiger partial charge in [0.05, 0.1) is 10.2 Å². The standard InChI is InChI=1S/C20H23N5O4S/c1-12(26)21-18-23-14-7-6-13(11-15(14)30-18)22-16(27)5-4-10-25-17(28)20(24-19(25)29)8-2-3-9-20/h6-7,11H,2-5,8-10H2,1H3,(H,22,27)(H,24,29)(H,21,23,26). The first-order chi connectivity index (χ1) is 14.4. The van der Waals surface area contributed by atoms with Crippen LogP contribution >= 0.6 is 11.3 Å². The number of nitrogens with zero attached hydrogens (tertiary/aromatic N) is 2. The molecule has 10 heteroatoms. The second kappa shape index (κ2) is 8.02. The molecule has 2 aliphatic rings. The van der Waals surface area contributed by atoms with Gasteiger partial charge in [0.2, 0.25) is 11.8 Å². The molecule has 1 aromatic carbocycles. The molecule has 5 amide bonds.